The van der Waals surface area contributed by atoms with Gasteiger partial charge in [-0.25, -0.2) is 17.7 Å². The van der Waals surface area contributed by atoms with Gasteiger partial charge in [0.1, 0.15) is 6.54 Å². The lowest BCUT2D eigenvalue weighted by Crippen LogP contribution is -2.37. The molecule has 0 spiro atoms. The molecule has 240 valence electrons. The molecule has 1 aromatic heterocycles. The van der Waals surface area contributed by atoms with Gasteiger partial charge in [-0.05, 0) is 48.6 Å². The Morgan fingerprint density at radius 1 is 0.870 bits per heavy atom. The number of hydrogen-bond acceptors (Lipinski definition) is 6. The van der Waals surface area contributed by atoms with Gasteiger partial charge in [-0.15, -0.1) is 0 Å². The SMILES string of the molecule is CCC(C)OC(=O)Cn1c(SCCCN(CC(c2ccccc2)c2ccccc2)S(=O)(=O)Cc2ccccc2)nc2ccccc21. The highest BCUT2D eigenvalue weighted by Gasteiger charge is 2.27. The molecule has 0 N–H and O–H groups in total. The maximum atomic E-state index is 14.0. The Hall–Kier alpha value is -3.92. The van der Waals surface area contributed by atoms with Crippen LogP contribution in [-0.4, -0.2) is 53.2 Å². The summed E-state index contributed by atoms with van der Waals surface area (Å²) < 4.78 is 37.1. The van der Waals surface area contributed by atoms with E-state index in [4.69, 9.17) is 9.72 Å². The van der Waals surface area contributed by atoms with Crippen LogP contribution in [0.15, 0.2) is 120 Å². The maximum absolute atomic E-state index is 14.0. The van der Waals surface area contributed by atoms with E-state index in [1.165, 1.54) is 11.8 Å². The fourth-order valence-electron chi connectivity index (χ4n) is 5.39. The molecule has 0 aliphatic heterocycles. The summed E-state index contributed by atoms with van der Waals surface area (Å²) in [6.07, 6.45) is 1.20. The van der Waals surface area contributed by atoms with Crippen LogP contribution in [0.2, 0.25) is 0 Å². The third-order valence-electron chi connectivity index (χ3n) is 7.97. The number of sulfonamides is 1. The highest BCUT2D eigenvalue weighted by molar-refractivity contribution is 7.99. The number of thioether (sulfide) groups is 1. The van der Waals surface area contributed by atoms with E-state index in [9.17, 15) is 13.2 Å². The number of hydrogen-bond donors (Lipinski definition) is 0. The highest BCUT2D eigenvalue weighted by Crippen LogP contribution is 2.29. The van der Waals surface area contributed by atoms with Crippen molar-refractivity contribution in [1.82, 2.24) is 13.9 Å². The molecule has 0 fully saturated rings. The number of nitrogens with zero attached hydrogens (tertiary/aromatic N) is 3. The maximum Gasteiger partial charge on any atom is 0.326 e. The van der Waals surface area contributed by atoms with Crippen LogP contribution in [0.5, 0.6) is 0 Å². The molecular weight excluding hydrogens is 615 g/mol. The number of benzene rings is 4. The second-order valence-electron chi connectivity index (χ2n) is 11.4. The fourth-order valence-corrected chi connectivity index (χ4v) is 7.91. The minimum absolute atomic E-state index is 0.0641. The van der Waals surface area contributed by atoms with Crippen LogP contribution >= 0.6 is 11.8 Å². The molecule has 0 amide bonds. The minimum Gasteiger partial charge on any atom is -0.461 e. The highest BCUT2D eigenvalue weighted by atomic mass is 32.2. The van der Waals surface area contributed by atoms with Crippen molar-refractivity contribution in [1.29, 1.82) is 0 Å². The van der Waals surface area contributed by atoms with Gasteiger partial charge in [0.2, 0.25) is 10.0 Å². The lowest BCUT2D eigenvalue weighted by atomic mass is 9.91. The molecule has 1 atom stereocenters. The molecule has 0 saturated heterocycles. The van der Waals surface area contributed by atoms with Crippen molar-refractivity contribution in [3.63, 3.8) is 0 Å². The Morgan fingerprint density at radius 3 is 2.09 bits per heavy atom. The van der Waals surface area contributed by atoms with E-state index in [0.717, 1.165) is 34.1 Å². The third-order valence-corrected chi connectivity index (χ3v) is 10.9. The molecule has 7 nitrogen and oxygen atoms in total. The van der Waals surface area contributed by atoms with Crippen molar-refractivity contribution in [2.45, 2.75) is 56.2 Å². The quantitative estimate of drug-likeness (QED) is 0.0621. The zero-order chi connectivity index (χ0) is 32.4. The summed E-state index contributed by atoms with van der Waals surface area (Å²) in [7, 11) is -3.65. The number of imidazole rings is 1. The van der Waals surface area contributed by atoms with Crippen LogP contribution in [-0.2, 0) is 31.9 Å². The van der Waals surface area contributed by atoms with E-state index in [1.54, 1.807) is 4.31 Å². The Balaban J connectivity index is 1.36. The number of fused-ring (bicyclic) bond motifs is 1. The topological polar surface area (TPSA) is 81.5 Å². The van der Waals surface area contributed by atoms with Gasteiger partial charge in [0.05, 0.1) is 22.9 Å². The standard InChI is InChI=1S/C37H41N3O4S2/c1-3-29(2)44-36(41)27-40-35-23-14-13-22-34(35)38-37(40)45-25-15-24-39(46(42,43)28-30-16-7-4-8-17-30)26-33(31-18-9-5-10-19-31)32-20-11-6-12-21-32/h4-14,16-23,29,33H,3,15,24-28H2,1-2H3. The Bertz CT molecular complexity index is 1760. The van der Waals surface area contributed by atoms with E-state index in [0.29, 0.717) is 30.4 Å². The van der Waals surface area contributed by atoms with Gasteiger partial charge >= 0.3 is 5.97 Å². The molecule has 46 heavy (non-hydrogen) atoms. The molecule has 0 radical (unpaired) electrons. The fraction of sp³-hybridized carbons (Fsp3) is 0.297. The van der Waals surface area contributed by atoms with Crippen LogP contribution in [0.3, 0.4) is 0 Å². The molecule has 4 aromatic carbocycles. The zero-order valence-corrected chi connectivity index (χ0v) is 28.0. The smallest absolute Gasteiger partial charge is 0.326 e. The normalized spacial score (nSPS) is 12.5. The average molecular weight is 656 g/mol. The Morgan fingerprint density at radius 2 is 1.46 bits per heavy atom. The molecule has 9 heteroatoms. The van der Waals surface area contributed by atoms with Gasteiger partial charge < -0.3 is 9.30 Å². The Labute approximate surface area is 276 Å². The van der Waals surface area contributed by atoms with E-state index in [1.807, 2.05) is 109 Å². The first-order valence-electron chi connectivity index (χ1n) is 15.7. The van der Waals surface area contributed by atoms with Gasteiger partial charge in [-0.3, -0.25) is 4.79 Å². The lowest BCUT2D eigenvalue weighted by Gasteiger charge is -2.28. The minimum atomic E-state index is -3.65. The number of rotatable bonds is 16. The van der Waals surface area contributed by atoms with Crippen molar-refractivity contribution in [3.05, 3.63) is 132 Å². The van der Waals surface area contributed by atoms with Gasteiger partial charge in [-0.2, -0.15) is 0 Å². The van der Waals surface area contributed by atoms with Crippen molar-refractivity contribution in [2.75, 3.05) is 18.8 Å². The number of para-hydroxylation sites is 2. The predicted octanol–water partition coefficient (Wildman–Crippen LogP) is 7.52. The van der Waals surface area contributed by atoms with E-state index in [-0.39, 0.29) is 30.3 Å². The molecule has 0 saturated carbocycles. The summed E-state index contributed by atoms with van der Waals surface area (Å²) >= 11 is 1.53. The van der Waals surface area contributed by atoms with Gasteiger partial charge in [-0.1, -0.05) is 122 Å². The molecule has 5 aromatic rings. The third kappa shape index (κ3) is 8.87. The molecule has 1 heterocycles. The molecule has 0 aliphatic rings. The number of aromatic nitrogens is 2. The molecular formula is C37H41N3O4S2. The van der Waals surface area contributed by atoms with E-state index >= 15 is 0 Å². The van der Waals surface area contributed by atoms with Crippen LogP contribution in [0.25, 0.3) is 11.0 Å². The summed E-state index contributed by atoms with van der Waals surface area (Å²) in [5.74, 6) is 0.139. The molecule has 0 bridgehead atoms. The first kappa shape index (κ1) is 33.4. The summed E-state index contributed by atoms with van der Waals surface area (Å²) in [6, 6.07) is 37.3. The lowest BCUT2D eigenvalue weighted by molar-refractivity contribution is -0.149. The van der Waals surface area contributed by atoms with Gasteiger partial charge in [0.25, 0.3) is 0 Å². The zero-order valence-electron chi connectivity index (χ0n) is 26.4. The van der Waals surface area contributed by atoms with Crippen molar-refractivity contribution >= 4 is 38.8 Å². The first-order chi connectivity index (χ1) is 22.3. The Kier molecular flexibility index (Phi) is 11.7. The first-order valence-corrected chi connectivity index (χ1v) is 18.3. The number of esters is 1. The molecule has 5 rings (SSSR count). The largest absolute Gasteiger partial charge is 0.461 e. The summed E-state index contributed by atoms with van der Waals surface area (Å²) in [4.78, 5) is 17.5. The predicted molar refractivity (Wildman–Crippen MR) is 186 cm³/mol. The average Bonchev–Trinajstić information content (AvgIpc) is 3.41. The monoisotopic (exact) mass is 655 g/mol. The van der Waals surface area contributed by atoms with Crippen LogP contribution in [0, 0.1) is 0 Å². The van der Waals surface area contributed by atoms with E-state index in [2.05, 4.69) is 24.3 Å². The van der Waals surface area contributed by atoms with Crippen LogP contribution in [0.1, 0.15) is 49.3 Å². The van der Waals surface area contributed by atoms with Crippen molar-refractivity contribution in [2.24, 2.45) is 0 Å². The number of carbonyl (C=O) groups excluding carboxylic acids is 1. The van der Waals surface area contributed by atoms with Crippen molar-refractivity contribution in [3.8, 4) is 0 Å². The second kappa shape index (κ2) is 16.1. The molecule has 0 aliphatic carbocycles. The number of ether oxygens (including phenoxy) is 1. The van der Waals surface area contributed by atoms with Crippen molar-refractivity contribution < 1.29 is 17.9 Å². The number of carbonyl (C=O) groups is 1. The van der Waals surface area contributed by atoms with Crippen LogP contribution in [0.4, 0.5) is 0 Å². The summed E-state index contributed by atoms with van der Waals surface area (Å²) in [5.41, 5.74) is 4.58. The van der Waals surface area contributed by atoms with Gasteiger partial charge in [0, 0.05) is 24.8 Å². The molecule has 1 unspecified atom stereocenters. The van der Waals surface area contributed by atoms with Crippen LogP contribution < -0.4 is 0 Å². The van der Waals surface area contributed by atoms with Gasteiger partial charge in [0.15, 0.2) is 5.16 Å². The summed E-state index contributed by atoms with van der Waals surface area (Å²) in [6.45, 7) is 4.62. The van der Waals surface area contributed by atoms with E-state index < -0.39 is 10.0 Å². The summed E-state index contributed by atoms with van der Waals surface area (Å²) in [5, 5.41) is 0.715. The second-order valence-corrected chi connectivity index (χ2v) is 14.4.